The molecule has 2 rings (SSSR count). The van der Waals surface area contributed by atoms with E-state index in [2.05, 4.69) is 15.6 Å². The van der Waals surface area contributed by atoms with Gasteiger partial charge in [0.1, 0.15) is 12.6 Å². The number of nitrogens with two attached hydrogens (primary N) is 1. The van der Waals surface area contributed by atoms with Gasteiger partial charge >= 0.3 is 18.0 Å². The van der Waals surface area contributed by atoms with Gasteiger partial charge < -0.3 is 27.6 Å². The maximum Gasteiger partial charge on any atom is 0.408 e. The second-order valence-electron chi connectivity index (χ2n) is 4.90. The smallest absolute Gasteiger partial charge is 0.408 e. The molecule has 0 saturated carbocycles. The standard InChI is InChI=1S/C14H18N4O4.ClH/c15-13-16-7-6-10(17-13)11(12(19)20)18-14(21)22-8-9-4-2-1-3-5-9;/h1-5,10-11H,6-8H2,(H,18,21)(H,19,20)(H3,15,16,17);1H/t10-,11+;/m1./s1. The van der Waals surface area contributed by atoms with E-state index in [4.69, 9.17) is 10.5 Å². The van der Waals surface area contributed by atoms with Crippen LogP contribution in [0.1, 0.15) is 12.0 Å². The van der Waals surface area contributed by atoms with Crippen LogP contribution in [0.15, 0.2) is 30.3 Å². The summed E-state index contributed by atoms with van der Waals surface area (Å²) in [6.45, 7) is 0.612. The SMILES string of the molecule is NC1=[NH+][C@@H]([C@H](NC(=O)OCc2ccccc2)C(=O)O)CCN1.[Cl-]. The summed E-state index contributed by atoms with van der Waals surface area (Å²) in [5.74, 6) is -0.856. The van der Waals surface area contributed by atoms with Crippen LogP contribution in [0.3, 0.4) is 0 Å². The van der Waals surface area contributed by atoms with Crippen molar-refractivity contribution in [3.63, 3.8) is 0 Å². The molecule has 126 valence electrons. The number of halogens is 1. The van der Waals surface area contributed by atoms with E-state index in [1.807, 2.05) is 30.3 Å². The molecule has 8 nitrogen and oxygen atoms in total. The molecule has 2 atom stereocenters. The number of amides is 1. The van der Waals surface area contributed by atoms with Crippen LogP contribution in [-0.2, 0) is 16.1 Å². The molecule has 0 aliphatic carbocycles. The van der Waals surface area contributed by atoms with Crippen molar-refractivity contribution in [1.82, 2.24) is 10.6 Å². The molecule has 1 amide bonds. The number of carbonyl (C=O) groups is 2. The van der Waals surface area contributed by atoms with E-state index in [0.29, 0.717) is 18.9 Å². The van der Waals surface area contributed by atoms with Crippen molar-refractivity contribution in [3.8, 4) is 0 Å². The van der Waals surface area contributed by atoms with Crippen LogP contribution in [0.5, 0.6) is 0 Å². The van der Waals surface area contributed by atoms with E-state index < -0.39 is 24.1 Å². The lowest BCUT2D eigenvalue weighted by Crippen LogP contribution is -3.00. The predicted octanol–water partition coefficient (Wildman–Crippen LogP) is -4.87. The number of alkyl carbamates (subject to hydrolysis) is 1. The molecule has 9 heteroatoms. The van der Waals surface area contributed by atoms with Crippen LogP contribution in [-0.4, -0.2) is 41.8 Å². The highest BCUT2D eigenvalue weighted by molar-refractivity contribution is 5.81. The largest absolute Gasteiger partial charge is 1.00 e. The van der Waals surface area contributed by atoms with Crippen LogP contribution in [0.4, 0.5) is 4.79 Å². The van der Waals surface area contributed by atoms with Crippen LogP contribution in [0.2, 0.25) is 0 Å². The van der Waals surface area contributed by atoms with Crippen molar-refractivity contribution in [1.29, 1.82) is 0 Å². The lowest BCUT2D eigenvalue weighted by molar-refractivity contribution is -0.514. The Kier molecular flexibility index (Phi) is 7.14. The van der Waals surface area contributed by atoms with Crippen molar-refractivity contribution < 1.29 is 36.8 Å². The Labute approximate surface area is 139 Å². The number of aliphatic carboxylic acids is 1. The molecule has 23 heavy (non-hydrogen) atoms. The van der Waals surface area contributed by atoms with Gasteiger partial charge in [0.05, 0.1) is 6.54 Å². The molecule has 0 saturated heterocycles. The van der Waals surface area contributed by atoms with Gasteiger partial charge in [0.2, 0.25) is 0 Å². The number of rotatable bonds is 5. The van der Waals surface area contributed by atoms with E-state index in [0.717, 1.165) is 5.56 Å². The molecule has 0 bridgehead atoms. The fourth-order valence-electron chi connectivity index (χ4n) is 2.16. The number of hydrogen-bond acceptors (Lipinski definition) is 5. The average molecular weight is 343 g/mol. The number of hydrogen-bond donors (Lipinski definition) is 5. The van der Waals surface area contributed by atoms with Crippen molar-refractivity contribution in [2.24, 2.45) is 5.73 Å². The van der Waals surface area contributed by atoms with Crippen molar-refractivity contribution in [3.05, 3.63) is 35.9 Å². The van der Waals surface area contributed by atoms with Gasteiger partial charge in [-0.15, -0.1) is 0 Å². The van der Waals surface area contributed by atoms with Gasteiger partial charge in [-0.1, -0.05) is 30.3 Å². The van der Waals surface area contributed by atoms with E-state index in [1.54, 1.807) is 0 Å². The van der Waals surface area contributed by atoms with Gasteiger partial charge in [-0.05, 0) is 5.56 Å². The molecule has 1 aliphatic heterocycles. The number of carboxylic acids is 1. The minimum Gasteiger partial charge on any atom is -1.00 e. The molecule has 1 aromatic carbocycles. The fourth-order valence-corrected chi connectivity index (χ4v) is 2.16. The molecule has 1 aliphatic rings. The zero-order valence-corrected chi connectivity index (χ0v) is 13.0. The molecule has 0 spiro atoms. The summed E-state index contributed by atoms with van der Waals surface area (Å²) in [4.78, 5) is 25.9. The molecule has 6 N–H and O–H groups in total. The summed E-state index contributed by atoms with van der Waals surface area (Å²) in [6.07, 6.45) is -0.272. The first-order valence-electron chi connectivity index (χ1n) is 6.89. The van der Waals surface area contributed by atoms with Gasteiger partial charge in [-0.25, -0.2) is 9.59 Å². The zero-order valence-electron chi connectivity index (χ0n) is 12.3. The molecule has 0 aromatic heterocycles. The number of nitrogens with one attached hydrogen (secondary N) is 3. The molecule has 0 fully saturated rings. The highest BCUT2D eigenvalue weighted by Gasteiger charge is 2.33. The van der Waals surface area contributed by atoms with Crippen molar-refractivity contribution in [2.75, 3.05) is 6.54 Å². The van der Waals surface area contributed by atoms with E-state index in [1.165, 1.54) is 0 Å². The Balaban J connectivity index is 0.00000264. The Bertz CT molecular complexity index is 567. The van der Waals surface area contributed by atoms with Crippen LogP contribution >= 0.6 is 0 Å². The van der Waals surface area contributed by atoms with Gasteiger partial charge in [0.25, 0.3) is 0 Å². The van der Waals surface area contributed by atoms with Gasteiger partial charge in [-0.3, -0.25) is 16.0 Å². The minimum atomic E-state index is -1.15. The average Bonchev–Trinajstić information content (AvgIpc) is 2.51. The van der Waals surface area contributed by atoms with E-state index in [9.17, 15) is 14.7 Å². The van der Waals surface area contributed by atoms with Crippen molar-refractivity contribution in [2.45, 2.75) is 25.1 Å². The third-order valence-electron chi connectivity index (χ3n) is 3.27. The predicted molar refractivity (Wildman–Crippen MR) is 77.8 cm³/mol. The fraction of sp³-hybridized carbons (Fsp3) is 0.357. The first-order valence-corrected chi connectivity index (χ1v) is 6.89. The maximum absolute atomic E-state index is 11.8. The first kappa shape index (κ1) is 18.6. The molecular weight excluding hydrogens is 324 g/mol. The molecule has 0 unspecified atom stereocenters. The topological polar surface area (TPSA) is 128 Å². The Morgan fingerprint density at radius 2 is 2.13 bits per heavy atom. The Hall–Kier alpha value is -2.48. The first-order chi connectivity index (χ1) is 10.6. The summed E-state index contributed by atoms with van der Waals surface area (Å²) in [6, 6.07) is 7.51. The van der Waals surface area contributed by atoms with Gasteiger partial charge in [0, 0.05) is 6.42 Å². The second kappa shape index (κ2) is 8.84. The van der Waals surface area contributed by atoms with E-state index in [-0.39, 0.29) is 19.0 Å². The zero-order chi connectivity index (χ0) is 15.9. The number of benzene rings is 1. The number of carbonyl (C=O) groups excluding carboxylic acids is 1. The quantitative estimate of drug-likeness (QED) is 0.365. The minimum absolute atomic E-state index is 0. The van der Waals surface area contributed by atoms with E-state index >= 15 is 0 Å². The van der Waals surface area contributed by atoms with Crippen LogP contribution in [0, 0.1) is 0 Å². The highest BCUT2D eigenvalue weighted by Crippen LogP contribution is 2.02. The maximum atomic E-state index is 11.8. The van der Waals surface area contributed by atoms with Gasteiger partial charge in [-0.2, -0.15) is 0 Å². The number of ether oxygens (including phenoxy) is 1. The summed E-state index contributed by atoms with van der Waals surface area (Å²) < 4.78 is 5.03. The second-order valence-corrected chi connectivity index (χ2v) is 4.90. The lowest BCUT2D eigenvalue weighted by Gasteiger charge is -2.23. The third kappa shape index (κ3) is 5.67. The third-order valence-corrected chi connectivity index (χ3v) is 3.27. The summed E-state index contributed by atoms with van der Waals surface area (Å²) >= 11 is 0. The molecular formula is C14H19ClN4O4. The monoisotopic (exact) mass is 342 g/mol. The normalized spacial score (nSPS) is 17.7. The molecule has 1 aromatic rings. The summed E-state index contributed by atoms with van der Waals surface area (Å²) in [5, 5.41) is 14.5. The lowest BCUT2D eigenvalue weighted by atomic mass is 10.0. The summed E-state index contributed by atoms with van der Waals surface area (Å²) in [7, 11) is 0. The summed E-state index contributed by atoms with van der Waals surface area (Å²) in [5.41, 5.74) is 6.41. The Morgan fingerprint density at radius 3 is 2.74 bits per heavy atom. The molecule has 1 heterocycles. The molecule has 0 radical (unpaired) electrons. The number of guanidine groups is 1. The Morgan fingerprint density at radius 1 is 1.43 bits per heavy atom. The van der Waals surface area contributed by atoms with Crippen LogP contribution in [0.25, 0.3) is 0 Å². The van der Waals surface area contributed by atoms with Crippen LogP contribution < -0.4 is 33.8 Å². The van der Waals surface area contributed by atoms with Crippen molar-refractivity contribution >= 4 is 18.0 Å². The highest BCUT2D eigenvalue weighted by atomic mass is 35.5. The number of carboxylic acid groups (broad SMARTS) is 1. The van der Waals surface area contributed by atoms with Gasteiger partial charge in [0.15, 0.2) is 6.04 Å².